The molecule has 1 saturated heterocycles. The fourth-order valence-corrected chi connectivity index (χ4v) is 4.58. The zero-order chi connectivity index (χ0) is 18.1. The van der Waals surface area contributed by atoms with Crippen LogP contribution < -0.4 is 0 Å². The first-order valence-corrected chi connectivity index (χ1v) is 9.70. The Hall–Kier alpha value is -2.09. The maximum atomic E-state index is 5.56. The third-order valence-corrected chi connectivity index (χ3v) is 5.88. The molecule has 3 aromatic rings. The van der Waals surface area contributed by atoms with Gasteiger partial charge in [-0.05, 0) is 54.5 Å². The topological polar surface area (TPSA) is 56.1 Å². The van der Waals surface area contributed by atoms with E-state index in [0.29, 0.717) is 0 Å². The number of thiophene rings is 1. The number of hydrogen-bond acceptors (Lipinski definition) is 6. The molecule has 0 spiro atoms. The lowest BCUT2D eigenvalue weighted by Crippen LogP contribution is -2.40. The Bertz CT molecular complexity index is 877. The summed E-state index contributed by atoms with van der Waals surface area (Å²) in [7, 11) is 0. The fourth-order valence-electron chi connectivity index (χ4n) is 3.57. The lowest BCUT2D eigenvalue weighted by molar-refractivity contribution is 0.0226. The first-order valence-electron chi connectivity index (χ1n) is 8.88. The second kappa shape index (κ2) is 7.26. The van der Waals surface area contributed by atoms with Crippen molar-refractivity contribution in [1.29, 1.82) is 0 Å². The summed E-state index contributed by atoms with van der Waals surface area (Å²) in [5.41, 5.74) is 3.40. The van der Waals surface area contributed by atoms with Crippen LogP contribution in [0.15, 0.2) is 30.3 Å². The largest absolute Gasteiger partial charge is 0.379 e. The third kappa shape index (κ3) is 3.18. The van der Waals surface area contributed by atoms with Crippen molar-refractivity contribution in [1.82, 2.24) is 25.1 Å². The van der Waals surface area contributed by atoms with Gasteiger partial charge in [-0.1, -0.05) is 18.2 Å². The second-order valence-corrected chi connectivity index (χ2v) is 8.01. The lowest BCUT2D eigenvalue weighted by Gasteiger charge is -2.33. The molecule has 7 heteroatoms. The molecule has 26 heavy (non-hydrogen) atoms. The van der Waals surface area contributed by atoms with Gasteiger partial charge in [-0.15, -0.1) is 16.4 Å². The molecular formula is C19H23N5OS. The van der Waals surface area contributed by atoms with Crippen LogP contribution >= 0.6 is 11.3 Å². The van der Waals surface area contributed by atoms with Crippen LogP contribution in [0.3, 0.4) is 0 Å². The average Bonchev–Trinajstić information content (AvgIpc) is 3.26. The van der Waals surface area contributed by atoms with Crippen LogP contribution in [0.1, 0.15) is 32.7 Å². The first-order chi connectivity index (χ1) is 12.6. The van der Waals surface area contributed by atoms with Gasteiger partial charge < -0.3 is 4.74 Å². The highest BCUT2D eigenvalue weighted by Gasteiger charge is 2.31. The van der Waals surface area contributed by atoms with Gasteiger partial charge in [0.05, 0.1) is 18.9 Å². The number of ether oxygens (including phenoxy) is 1. The maximum Gasteiger partial charge on any atom is 0.179 e. The molecule has 1 fully saturated rings. The number of rotatable bonds is 4. The van der Waals surface area contributed by atoms with Crippen LogP contribution in [0, 0.1) is 20.8 Å². The van der Waals surface area contributed by atoms with E-state index in [1.165, 1.54) is 20.9 Å². The highest BCUT2D eigenvalue weighted by molar-refractivity contribution is 7.12. The maximum absolute atomic E-state index is 5.56. The molecule has 0 radical (unpaired) electrons. The van der Waals surface area contributed by atoms with Crippen molar-refractivity contribution in [2.75, 3.05) is 26.3 Å². The van der Waals surface area contributed by atoms with Crippen molar-refractivity contribution < 1.29 is 4.74 Å². The highest BCUT2D eigenvalue weighted by atomic mass is 32.1. The van der Waals surface area contributed by atoms with E-state index < -0.39 is 0 Å². The molecule has 0 bridgehead atoms. The molecule has 1 aliphatic rings. The molecule has 0 N–H and O–H groups in total. The number of nitrogens with zero attached hydrogens (tertiary/aromatic N) is 5. The quantitative estimate of drug-likeness (QED) is 0.707. The standard InChI is InChI=1S/C19H23N5OS/c1-13-5-4-6-14(2)17(13)24-19(20-21-22-24)18(16-8-7-15(3)26-16)23-9-11-25-12-10-23/h4-8,18H,9-12H2,1-3H3. The molecule has 1 aliphatic heterocycles. The molecule has 0 aliphatic carbocycles. The summed E-state index contributed by atoms with van der Waals surface area (Å²) in [6.07, 6.45) is 0. The summed E-state index contributed by atoms with van der Waals surface area (Å²) >= 11 is 1.81. The van der Waals surface area contributed by atoms with Gasteiger partial charge in [0.1, 0.15) is 6.04 Å². The van der Waals surface area contributed by atoms with E-state index in [1.807, 2.05) is 16.0 Å². The van der Waals surface area contributed by atoms with Gasteiger partial charge in [0.2, 0.25) is 0 Å². The van der Waals surface area contributed by atoms with Crippen molar-refractivity contribution in [2.24, 2.45) is 0 Å². The zero-order valence-corrected chi connectivity index (χ0v) is 16.2. The van der Waals surface area contributed by atoms with Crippen molar-refractivity contribution in [2.45, 2.75) is 26.8 Å². The number of morpholine rings is 1. The van der Waals surface area contributed by atoms with Gasteiger partial charge in [-0.25, -0.2) is 0 Å². The molecular weight excluding hydrogens is 346 g/mol. The SMILES string of the molecule is Cc1ccc(C(c2nnnn2-c2c(C)cccc2C)N2CCOCC2)s1. The van der Waals surface area contributed by atoms with Crippen molar-refractivity contribution in [3.05, 3.63) is 57.0 Å². The third-order valence-electron chi connectivity index (χ3n) is 4.83. The first kappa shape index (κ1) is 17.3. The fraction of sp³-hybridized carbons (Fsp3) is 0.421. The number of aryl methyl sites for hydroxylation is 3. The molecule has 3 heterocycles. The predicted octanol–water partition coefficient (Wildman–Crippen LogP) is 3.07. The van der Waals surface area contributed by atoms with Crippen LogP contribution in [0.2, 0.25) is 0 Å². The summed E-state index contributed by atoms with van der Waals surface area (Å²) in [6, 6.07) is 10.7. The molecule has 1 unspecified atom stereocenters. The molecule has 0 saturated carbocycles. The van der Waals surface area contributed by atoms with E-state index in [4.69, 9.17) is 4.74 Å². The Morgan fingerprint density at radius 2 is 1.77 bits per heavy atom. The van der Waals surface area contributed by atoms with Crippen LogP contribution in [0.5, 0.6) is 0 Å². The van der Waals surface area contributed by atoms with Crippen LogP contribution in [-0.2, 0) is 4.74 Å². The Morgan fingerprint density at radius 1 is 1.04 bits per heavy atom. The number of hydrogen-bond donors (Lipinski definition) is 0. The normalized spacial score (nSPS) is 16.7. The summed E-state index contributed by atoms with van der Waals surface area (Å²) in [5, 5.41) is 12.9. The second-order valence-electron chi connectivity index (χ2n) is 6.69. The number of tetrazole rings is 1. The van der Waals surface area contributed by atoms with Crippen LogP contribution in [0.4, 0.5) is 0 Å². The number of aromatic nitrogens is 4. The van der Waals surface area contributed by atoms with Gasteiger partial charge in [-0.3, -0.25) is 4.90 Å². The Morgan fingerprint density at radius 3 is 2.42 bits per heavy atom. The van der Waals surface area contributed by atoms with E-state index in [-0.39, 0.29) is 6.04 Å². The Balaban J connectivity index is 1.84. The number of para-hydroxylation sites is 1. The van der Waals surface area contributed by atoms with Crippen molar-refractivity contribution >= 4 is 11.3 Å². The minimum absolute atomic E-state index is 0.0339. The molecule has 2 aromatic heterocycles. The van der Waals surface area contributed by atoms with Crippen LogP contribution in [0.25, 0.3) is 5.69 Å². The molecule has 6 nitrogen and oxygen atoms in total. The smallest absolute Gasteiger partial charge is 0.179 e. The van der Waals surface area contributed by atoms with E-state index in [0.717, 1.165) is 37.8 Å². The zero-order valence-electron chi connectivity index (χ0n) is 15.3. The number of benzene rings is 1. The molecule has 4 rings (SSSR count). The summed E-state index contributed by atoms with van der Waals surface area (Å²) < 4.78 is 7.48. The van der Waals surface area contributed by atoms with Gasteiger partial charge in [0.25, 0.3) is 0 Å². The Labute approximate surface area is 157 Å². The van der Waals surface area contributed by atoms with Gasteiger partial charge >= 0.3 is 0 Å². The van der Waals surface area contributed by atoms with E-state index in [9.17, 15) is 0 Å². The molecule has 0 amide bonds. The predicted molar refractivity (Wildman–Crippen MR) is 102 cm³/mol. The Kier molecular flexibility index (Phi) is 4.84. The van der Waals surface area contributed by atoms with Gasteiger partial charge in [0.15, 0.2) is 5.82 Å². The average molecular weight is 369 g/mol. The molecule has 136 valence electrons. The minimum atomic E-state index is 0.0339. The van der Waals surface area contributed by atoms with Crippen molar-refractivity contribution in [3.8, 4) is 5.69 Å². The van der Waals surface area contributed by atoms with E-state index in [2.05, 4.69) is 71.5 Å². The van der Waals surface area contributed by atoms with Crippen molar-refractivity contribution in [3.63, 3.8) is 0 Å². The lowest BCUT2D eigenvalue weighted by atomic mass is 10.1. The van der Waals surface area contributed by atoms with E-state index in [1.54, 1.807) is 0 Å². The minimum Gasteiger partial charge on any atom is -0.379 e. The van der Waals surface area contributed by atoms with Crippen LogP contribution in [-0.4, -0.2) is 51.4 Å². The summed E-state index contributed by atoms with van der Waals surface area (Å²) in [4.78, 5) is 4.99. The monoisotopic (exact) mass is 369 g/mol. The highest BCUT2D eigenvalue weighted by Crippen LogP contribution is 2.34. The summed E-state index contributed by atoms with van der Waals surface area (Å²) in [6.45, 7) is 9.58. The van der Waals surface area contributed by atoms with Gasteiger partial charge in [-0.2, -0.15) is 4.68 Å². The molecule has 1 aromatic carbocycles. The van der Waals surface area contributed by atoms with Gasteiger partial charge in [0, 0.05) is 22.8 Å². The van der Waals surface area contributed by atoms with E-state index >= 15 is 0 Å². The molecule has 1 atom stereocenters. The summed E-state index contributed by atoms with van der Waals surface area (Å²) in [5.74, 6) is 0.867.